The van der Waals surface area contributed by atoms with Crippen molar-refractivity contribution >= 4 is 15.9 Å². The van der Waals surface area contributed by atoms with Crippen molar-refractivity contribution in [3.63, 3.8) is 0 Å². The third kappa shape index (κ3) is 4.36. The summed E-state index contributed by atoms with van der Waals surface area (Å²) in [6, 6.07) is 3.88. The Balaban J connectivity index is 1.70. The number of aromatic nitrogens is 3. The Bertz CT molecular complexity index is 916. The maximum atomic E-state index is 12.6. The van der Waals surface area contributed by atoms with Crippen LogP contribution in [0, 0.1) is 13.8 Å². The molecule has 3 heterocycles. The van der Waals surface area contributed by atoms with Crippen LogP contribution in [0.1, 0.15) is 46.5 Å². The highest BCUT2D eigenvalue weighted by molar-refractivity contribution is 7.88. The van der Waals surface area contributed by atoms with Gasteiger partial charge in [-0.15, -0.1) is 0 Å². The Morgan fingerprint density at radius 2 is 2.00 bits per heavy atom. The number of nitrogens with one attached hydrogen (secondary N) is 1. The molecule has 0 aromatic carbocycles. The van der Waals surface area contributed by atoms with Gasteiger partial charge in [-0.3, -0.25) is 9.78 Å². The monoisotopic (exact) mass is 391 g/mol. The van der Waals surface area contributed by atoms with E-state index in [0.717, 1.165) is 17.1 Å². The summed E-state index contributed by atoms with van der Waals surface area (Å²) in [5, 5.41) is 2.88. The van der Waals surface area contributed by atoms with Gasteiger partial charge in [-0.2, -0.15) is 0 Å². The van der Waals surface area contributed by atoms with E-state index in [-0.39, 0.29) is 11.9 Å². The summed E-state index contributed by atoms with van der Waals surface area (Å²) < 4.78 is 27.0. The molecule has 2 aromatic rings. The highest BCUT2D eigenvalue weighted by atomic mass is 32.2. The lowest BCUT2D eigenvalue weighted by Gasteiger charge is -2.32. The summed E-state index contributed by atoms with van der Waals surface area (Å²) in [5.41, 5.74) is 2.16. The van der Waals surface area contributed by atoms with E-state index in [0.29, 0.717) is 38.2 Å². The highest BCUT2D eigenvalue weighted by Gasteiger charge is 2.29. The first kappa shape index (κ1) is 19.5. The van der Waals surface area contributed by atoms with E-state index in [4.69, 9.17) is 0 Å². The van der Waals surface area contributed by atoms with Crippen molar-refractivity contribution in [3.05, 3.63) is 47.3 Å². The molecule has 8 nitrogen and oxygen atoms in total. The first-order valence-corrected chi connectivity index (χ1v) is 10.8. The number of imidazole rings is 1. The summed E-state index contributed by atoms with van der Waals surface area (Å²) in [4.78, 5) is 21.1. The number of piperidine rings is 1. The van der Waals surface area contributed by atoms with Crippen LogP contribution in [0.3, 0.4) is 0 Å². The SMILES string of the molecule is Cc1nc(C(=O)NCc2cccnc2)c(C)n1C1CCN(S(C)(=O)=O)CC1. The Kier molecular flexibility index (Phi) is 5.61. The van der Waals surface area contributed by atoms with Crippen molar-refractivity contribution in [2.24, 2.45) is 0 Å². The minimum atomic E-state index is -3.15. The number of hydrogen-bond acceptors (Lipinski definition) is 5. The predicted octanol–water partition coefficient (Wildman–Crippen LogP) is 1.42. The largest absolute Gasteiger partial charge is 0.347 e. The summed E-state index contributed by atoms with van der Waals surface area (Å²) in [5.74, 6) is 0.559. The van der Waals surface area contributed by atoms with Gasteiger partial charge in [0.05, 0.1) is 6.26 Å². The van der Waals surface area contributed by atoms with Crippen LogP contribution < -0.4 is 5.32 Å². The van der Waals surface area contributed by atoms with E-state index >= 15 is 0 Å². The molecule has 0 aliphatic carbocycles. The van der Waals surface area contributed by atoms with Crippen LogP contribution in [-0.2, 0) is 16.6 Å². The van der Waals surface area contributed by atoms with E-state index in [2.05, 4.69) is 19.9 Å². The molecule has 1 saturated heterocycles. The quantitative estimate of drug-likeness (QED) is 0.831. The summed E-state index contributed by atoms with van der Waals surface area (Å²) in [6.45, 7) is 5.15. The van der Waals surface area contributed by atoms with Gasteiger partial charge in [0.15, 0.2) is 0 Å². The maximum Gasteiger partial charge on any atom is 0.272 e. The summed E-state index contributed by atoms with van der Waals surface area (Å²) in [6.07, 6.45) is 6.07. The van der Waals surface area contributed by atoms with Crippen molar-refractivity contribution < 1.29 is 13.2 Å². The lowest BCUT2D eigenvalue weighted by atomic mass is 10.1. The van der Waals surface area contributed by atoms with Gasteiger partial charge in [0.2, 0.25) is 10.0 Å². The second kappa shape index (κ2) is 7.77. The Labute approximate surface area is 159 Å². The number of aryl methyl sites for hydroxylation is 1. The molecule has 1 amide bonds. The normalized spacial score (nSPS) is 16.4. The molecular weight excluding hydrogens is 366 g/mol. The highest BCUT2D eigenvalue weighted by Crippen LogP contribution is 2.27. The van der Waals surface area contributed by atoms with Crippen LogP contribution in [0.2, 0.25) is 0 Å². The van der Waals surface area contributed by atoms with Gasteiger partial charge in [-0.1, -0.05) is 6.07 Å². The van der Waals surface area contributed by atoms with Crippen LogP contribution in [0.4, 0.5) is 0 Å². The third-order valence-electron chi connectivity index (χ3n) is 4.97. The fourth-order valence-corrected chi connectivity index (χ4v) is 4.48. The van der Waals surface area contributed by atoms with Crippen molar-refractivity contribution in [3.8, 4) is 0 Å². The predicted molar refractivity (Wildman–Crippen MR) is 102 cm³/mol. The molecule has 0 radical (unpaired) electrons. The summed E-state index contributed by atoms with van der Waals surface area (Å²) in [7, 11) is -3.15. The van der Waals surface area contributed by atoms with Gasteiger partial charge >= 0.3 is 0 Å². The van der Waals surface area contributed by atoms with Crippen LogP contribution in [-0.4, -0.2) is 52.5 Å². The van der Waals surface area contributed by atoms with Crippen molar-refractivity contribution in [2.45, 2.75) is 39.3 Å². The number of amides is 1. The smallest absolute Gasteiger partial charge is 0.272 e. The average Bonchev–Trinajstić information content (AvgIpc) is 2.94. The van der Waals surface area contributed by atoms with Crippen molar-refractivity contribution in [1.29, 1.82) is 0 Å². The van der Waals surface area contributed by atoms with Crippen LogP contribution in [0.5, 0.6) is 0 Å². The van der Waals surface area contributed by atoms with Gasteiger partial charge < -0.3 is 9.88 Å². The molecule has 0 unspecified atom stereocenters. The van der Waals surface area contributed by atoms with Gasteiger partial charge in [-0.05, 0) is 38.3 Å². The lowest BCUT2D eigenvalue weighted by Crippen LogP contribution is -2.38. The van der Waals surface area contributed by atoms with Crippen molar-refractivity contribution in [1.82, 2.24) is 24.2 Å². The molecule has 1 fully saturated rings. The standard InChI is InChI=1S/C18H25N5O3S/c1-13-17(18(24)20-12-15-5-4-8-19-11-15)21-14(2)23(13)16-6-9-22(10-7-16)27(3,25)26/h4-5,8,11,16H,6-7,9-10,12H2,1-3H3,(H,20,24). The molecule has 9 heteroatoms. The number of pyridine rings is 1. The molecule has 2 aromatic heterocycles. The molecule has 1 aliphatic heterocycles. The van der Waals surface area contributed by atoms with Gasteiger partial charge in [0.25, 0.3) is 5.91 Å². The van der Waals surface area contributed by atoms with Crippen molar-refractivity contribution in [2.75, 3.05) is 19.3 Å². The number of sulfonamides is 1. The Morgan fingerprint density at radius 1 is 1.30 bits per heavy atom. The first-order valence-electron chi connectivity index (χ1n) is 8.95. The minimum Gasteiger partial charge on any atom is -0.347 e. The van der Waals surface area contributed by atoms with Gasteiger partial charge in [-0.25, -0.2) is 17.7 Å². The molecule has 0 spiro atoms. The zero-order valence-electron chi connectivity index (χ0n) is 15.8. The molecule has 3 rings (SSSR count). The minimum absolute atomic E-state index is 0.148. The summed E-state index contributed by atoms with van der Waals surface area (Å²) >= 11 is 0. The molecule has 0 bridgehead atoms. The molecule has 27 heavy (non-hydrogen) atoms. The van der Waals surface area contributed by atoms with E-state index in [1.54, 1.807) is 12.4 Å². The molecule has 0 atom stereocenters. The van der Waals surface area contributed by atoms with Crippen LogP contribution in [0.25, 0.3) is 0 Å². The molecule has 0 saturated carbocycles. The Hall–Kier alpha value is -2.26. The number of nitrogens with zero attached hydrogens (tertiary/aromatic N) is 4. The van der Waals surface area contributed by atoms with E-state index in [1.807, 2.05) is 26.0 Å². The zero-order chi connectivity index (χ0) is 19.6. The maximum absolute atomic E-state index is 12.6. The fourth-order valence-electron chi connectivity index (χ4n) is 3.61. The fraction of sp³-hybridized carbons (Fsp3) is 0.500. The first-order chi connectivity index (χ1) is 12.8. The van der Waals surface area contributed by atoms with E-state index in [9.17, 15) is 13.2 Å². The topological polar surface area (TPSA) is 97.2 Å². The lowest BCUT2D eigenvalue weighted by molar-refractivity contribution is 0.0945. The number of hydrogen-bond donors (Lipinski definition) is 1. The second-order valence-corrected chi connectivity index (χ2v) is 8.88. The molecule has 1 N–H and O–H groups in total. The zero-order valence-corrected chi connectivity index (χ0v) is 16.7. The Morgan fingerprint density at radius 3 is 2.59 bits per heavy atom. The van der Waals surface area contributed by atoms with Crippen LogP contribution >= 0.6 is 0 Å². The average molecular weight is 391 g/mol. The van der Waals surface area contributed by atoms with Crippen LogP contribution in [0.15, 0.2) is 24.5 Å². The number of carbonyl (C=O) groups is 1. The van der Waals surface area contributed by atoms with Gasteiger partial charge in [0.1, 0.15) is 11.5 Å². The molecular formula is C18H25N5O3S. The molecule has 146 valence electrons. The second-order valence-electron chi connectivity index (χ2n) is 6.90. The molecule has 1 aliphatic rings. The van der Waals surface area contributed by atoms with Gasteiger partial charge in [0, 0.05) is 43.8 Å². The number of carbonyl (C=O) groups excluding carboxylic acids is 1. The van der Waals surface area contributed by atoms with E-state index < -0.39 is 10.0 Å². The third-order valence-corrected chi connectivity index (χ3v) is 6.28. The number of rotatable bonds is 5. The van der Waals surface area contributed by atoms with E-state index in [1.165, 1.54) is 10.6 Å².